The molecule has 0 saturated carbocycles. The van der Waals surface area contributed by atoms with Crippen molar-refractivity contribution in [2.24, 2.45) is 0 Å². The first-order chi connectivity index (χ1) is 7.15. The number of nitrogens with zero attached hydrogens (tertiary/aromatic N) is 1. The molecule has 1 aliphatic carbocycles. The van der Waals surface area contributed by atoms with Gasteiger partial charge >= 0.3 is 5.97 Å². The average molecular weight is 211 g/mol. The molecule has 1 aliphatic rings. The van der Waals surface area contributed by atoms with Crippen LogP contribution in [0.5, 0.6) is 0 Å². The molecule has 15 heavy (non-hydrogen) atoms. The number of hydrogen-bond acceptors (Lipinski definition) is 3. The number of rotatable bonds is 3. The summed E-state index contributed by atoms with van der Waals surface area (Å²) in [6, 6.07) is 0.0512. The number of esters is 1. The van der Waals surface area contributed by atoms with Crippen LogP contribution in [0, 0.1) is 0 Å². The number of amides is 1. The van der Waals surface area contributed by atoms with Crippen molar-refractivity contribution in [2.45, 2.75) is 32.2 Å². The van der Waals surface area contributed by atoms with E-state index in [1.54, 1.807) is 4.90 Å². The van der Waals surface area contributed by atoms with Crippen molar-refractivity contribution in [1.82, 2.24) is 4.90 Å². The van der Waals surface area contributed by atoms with E-state index in [0.29, 0.717) is 0 Å². The Morgan fingerprint density at radius 1 is 1.53 bits per heavy atom. The maximum atomic E-state index is 11.4. The largest absolute Gasteiger partial charge is 0.468 e. The van der Waals surface area contributed by atoms with Crippen molar-refractivity contribution in [1.29, 1.82) is 0 Å². The molecule has 4 heteroatoms. The van der Waals surface area contributed by atoms with Crippen LogP contribution in [0.4, 0.5) is 0 Å². The molecule has 0 aromatic rings. The van der Waals surface area contributed by atoms with E-state index in [1.807, 2.05) is 6.08 Å². The van der Waals surface area contributed by atoms with Crippen molar-refractivity contribution in [2.75, 3.05) is 13.7 Å². The molecule has 0 aromatic heterocycles. The molecule has 1 amide bonds. The summed E-state index contributed by atoms with van der Waals surface area (Å²) in [6.45, 7) is 1.52. The van der Waals surface area contributed by atoms with Crippen LogP contribution >= 0.6 is 0 Å². The summed E-state index contributed by atoms with van der Waals surface area (Å²) in [6.07, 6.45) is 7.09. The van der Waals surface area contributed by atoms with E-state index < -0.39 is 0 Å². The molecule has 1 unspecified atom stereocenters. The predicted molar refractivity (Wildman–Crippen MR) is 56.2 cm³/mol. The summed E-state index contributed by atoms with van der Waals surface area (Å²) in [5, 5.41) is 0. The van der Waals surface area contributed by atoms with Gasteiger partial charge in [0.25, 0.3) is 0 Å². The standard InChI is InChI=1S/C11H17NO3/c1-9(13)12(8-11(14)15-2)10-6-4-3-5-7-10/h4,6,10H,3,5,7-8H2,1-2H3. The van der Waals surface area contributed by atoms with Crippen LogP contribution in [0.1, 0.15) is 26.2 Å². The van der Waals surface area contributed by atoms with Gasteiger partial charge in [0.15, 0.2) is 0 Å². The van der Waals surface area contributed by atoms with Crippen LogP contribution in [0.3, 0.4) is 0 Å². The molecule has 0 radical (unpaired) electrons. The molecule has 84 valence electrons. The molecule has 1 atom stereocenters. The zero-order chi connectivity index (χ0) is 11.3. The van der Waals surface area contributed by atoms with Gasteiger partial charge in [-0.15, -0.1) is 0 Å². The first-order valence-electron chi connectivity index (χ1n) is 5.16. The lowest BCUT2D eigenvalue weighted by Gasteiger charge is -2.29. The van der Waals surface area contributed by atoms with E-state index in [1.165, 1.54) is 14.0 Å². The molecule has 0 saturated heterocycles. The SMILES string of the molecule is COC(=O)CN(C(C)=O)C1C=CCCC1. The van der Waals surface area contributed by atoms with Gasteiger partial charge < -0.3 is 9.64 Å². The molecule has 0 bridgehead atoms. The quantitative estimate of drug-likeness (QED) is 0.519. The third kappa shape index (κ3) is 3.38. The van der Waals surface area contributed by atoms with Gasteiger partial charge in [-0.25, -0.2) is 0 Å². The van der Waals surface area contributed by atoms with Gasteiger partial charge in [-0.2, -0.15) is 0 Å². The summed E-state index contributed by atoms with van der Waals surface area (Å²) < 4.78 is 4.56. The molecule has 0 fully saturated rings. The van der Waals surface area contributed by atoms with Gasteiger partial charge in [-0.3, -0.25) is 9.59 Å². The van der Waals surface area contributed by atoms with Crippen molar-refractivity contribution < 1.29 is 14.3 Å². The Hall–Kier alpha value is -1.32. The molecule has 4 nitrogen and oxygen atoms in total. The minimum Gasteiger partial charge on any atom is -0.468 e. The second kappa shape index (κ2) is 5.53. The normalized spacial score (nSPS) is 19.7. The van der Waals surface area contributed by atoms with Gasteiger partial charge in [-0.05, 0) is 19.3 Å². The van der Waals surface area contributed by atoms with Crippen LogP contribution in [-0.4, -0.2) is 36.5 Å². The minimum atomic E-state index is -0.371. The van der Waals surface area contributed by atoms with E-state index in [2.05, 4.69) is 10.8 Å². The Bertz CT molecular complexity index is 273. The average Bonchev–Trinajstić information content (AvgIpc) is 2.26. The lowest BCUT2D eigenvalue weighted by molar-refractivity contribution is -0.147. The number of carbonyl (C=O) groups excluding carboxylic acids is 2. The van der Waals surface area contributed by atoms with E-state index >= 15 is 0 Å². The molecule has 0 aromatic carbocycles. The minimum absolute atomic E-state index is 0.0425. The highest BCUT2D eigenvalue weighted by atomic mass is 16.5. The molecular formula is C11H17NO3. The highest BCUT2D eigenvalue weighted by Crippen LogP contribution is 2.16. The molecular weight excluding hydrogens is 194 g/mol. The first kappa shape index (κ1) is 11.8. The van der Waals surface area contributed by atoms with Gasteiger partial charge in [0.1, 0.15) is 6.54 Å². The van der Waals surface area contributed by atoms with Crippen LogP contribution in [0.25, 0.3) is 0 Å². The van der Waals surface area contributed by atoms with Gasteiger partial charge in [0, 0.05) is 6.92 Å². The fourth-order valence-electron chi connectivity index (χ4n) is 1.72. The Morgan fingerprint density at radius 2 is 2.27 bits per heavy atom. The third-order valence-electron chi connectivity index (χ3n) is 2.56. The number of hydrogen-bond donors (Lipinski definition) is 0. The summed E-state index contributed by atoms with van der Waals surface area (Å²) in [5.41, 5.74) is 0. The maximum Gasteiger partial charge on any atom is 0.325 e. The van der Waals surface area contributed by atoms with E-state index in [4.69, 9.17) is 0 Å². The fraction of sp³-hybridized carbons (Fsp3) is 0.636. The second-order valence-corrected chi connectivity index (χ2v) is 3.65. The maximum absolute atomic E-state index is 11.4. The monoisotopic (exact) mass is 211 g/mol. The Kier molecular flexibility index (Phi) is 4.34. The highest BCUT2D eigenvalue weighted by Gasteiger charge is 2.22. The summed E-state index contributed by atoms with van der Waals surface area (Å²) in [4.78, 5) is 24.1. The van der Waals surface area contributed by atoms with Gasteiger partial charge in [0.05, 0.1) is 13.2 Å². The molecule has 1 rings (SSSR count). The van der Waals surface area contributed by atoms with Crippen molar-refractivity contribution in [3.05, 3.63) is 12.2 Å². The Morgan fingerprint density at radius 3 is 2.73 bits per heavy atom. The zero-order valence-electron chi connectivity index (χ0n) is 9.23. The smallest absolute Gasteiger partial charge is 0.325 e. The third-order valence-corrected chi connectivity index (χ3v) is 2.56. The first-order valence-corrected chi connectivity index (χ1v) is 5.16. The van der Waals surface area contributed by atoms with Crippen LogP contribution in [0.2, 0.25) is 0 Å². The van der Waals surface area contributed by atoms with Crippen LogP contribution in [0.15, 0.2) is 12.2 Å². The topological polar surface area (TPSA) is 46.6 Å². The fourth-order valence-corrected chi connectivity index (χ4v) is 1.72. The Labute approximate surface area is 89.9 Å². The summed E-state index contributed by atoms with van der Waals surface area (Å²) >= 11 is 0. The number of allylic oxidation sites excluding steroid dienone is 1. The molecule has 0 N–H and O–H groups in total. The lowest BCUT2D eigenvalue weighted by atomic mass is 10.0. The summed E-state index contributed by atoms with van der Waals surface area (Å²) in [7, 11) is 1.33. The zero-order valence-corrected chi connectivity index (χ0v) is 9.23. The molecule has 0 aliphatic heterocycles. The van der Waals surface area contributed by atoms with E-state index in [-0.39, 0.29) is 24.5 Å². The Balaban J connectivity index is 2.64. The van der Waals surface area contributed by atoms with Crippen molar-refractivity contribution in [3.8, 4) is 0 Å². The van der Waals surface area contributed by atoms with Crippen molar-refractivity contribution >= 4 is 11.9 Å². The van der Waals surface area contributed by atoms with E-state index in [0.717, 1.165) is 19.3 Å². The predicted octanol–water partition coefficient (Wildman–Crippen LogP) is 1.12. The lowest BCUT2D eigenvalue weighted by Crippen LogP contribution is -2.42. The number of ether oxygens (including phenoxy) is 1. The van der Waals surface area contributed by atoms with Crippen LogP contribution < -0.4 is 0 Å². The van der Waals surface area contributed by atoms with Gasteiger partial charge in [-0.1, -0.05) is 12.2 Å². The second-order valence-electron chi connectivity index (χ2n) is 3.65. The van der Waals surface area contributed by atoms with Crippen LogP contribution in [-0.2, 0) is 14.3 Å². The molecule has 0 heterocycles. The summed E-state index contributed by atoms with van der Waals surface area (Å²) in [5.74, 6) is -0.457. The number of methoxy groups -OCH3 is 1. The number of carbonyl (C=O) groups is 2. The van der Waals surface area contributed by atoms with Gasteiger partial charge in [0.2, 0.25) is 5.91 Å². The van der Waals surface area contributed by atoms with E-state index in [9.17, 15) is 9.59 Å². The highest BCUT2D eigenvalue weighted by molar-refractivity contribution is 5.80. The molecule has 0 spiro atoms. The van der Waals surface area contributed by atoms with Crippen molar-refractivity contribution in [3.63, 3.8) is 0 Å².